The number of rotatable bonds is 3. The minimum Gasteiger partial charge on any atom is -0.497 e. The molecule has 1 atom stereocenters. The van der Waals surface area contributed by atoms with Crippen molar-refractivity contribution < 1.29 is 9.53 Å². The monoisotopic (exact) mass is 433 g/mol. The average molecular weight is 434 g/mol. The Labute approximate surface area is 186 Å². The zero-order chi connectivity index (χ0) is 21.8. The number of aromatic amines is 1. The van der Waals surface area contributed by atoms with Crippen molar-refractivity contribution >= 4 is 23.2 Å². The number of carbonyl (C=O) groups is 1. The number of H-pyrrole nitrogens is 1. The number of fused-ring (bicyclic) bond motifs is 1. The molecule has 2 N–H and O–H groups in total. The summed E-state index contributed by atoms with van der Waals surface area (Å²) in [5, 5.41) is 11.9. The van der Waals surface area contributed by atoms with Crippen molar-refractivity contribution in [2.45, 2.75) is 32.6 Å². The fourth-order valence-electron chi connectivity index (χ4n) is 4.76. The van der Waals surface area contributed by atoms with Crippen LogP contribution in [0.4, 0.5) is 5.82 Å². The van der Waals surface area contributed by atoms with Crippen molar-refractivity contribution in [2.75, 3.05) is 12.4 Å². The number of hydrogen-bond donors (Lipinski definition) is 2. The summed E-state index contributed by atoms with van der Waals surface area (Å²) in [6.07, 6.45) is 1.34. The van der Waals surface area contributed by atoms with E-state index in [0.29, 0.717) is 11.4 Å². The lowest BCUT2D eigenvalue weighted by Crippen LogP contribution is -2.33. The van der Waals surface area contributed by atoms with Gasteiger partial charge >= 0.3 is 0 Å². The molecule has 0 amide bonds. The highest BCUT2D eigenvalue weighted by Crippen LogP contribution is 2.51. The molecule has 0 bridgehead atoms. The molecule has 3 aromatic rings. The van der Waals surface area contributed by atoms with Gasteiger partial charge in [-0.3, -0.25) is 9.89 Å². The van der Waals surface area contributed by atoms with Crippen LogP contribution in [0, 0.1) is 5.41 Å². The molecular formula is C25H24ClN3O2. The number of anilines is 1. The van der Waals surface area contributed by atoms with Gasteiger partial charge in [0.1, 0.15) is 5.75 Å². The van der Waals surface area contributed by atoms with Gasteiger partial charge in [0.05, 0.1) is 12.8 Å². The second kappa shape index (κ2) is 7.27. The number of allylic oxidation sites excluding steroid dienone is 2. The van der Waals surface area contributed by atoms with Gasteiger partial charge in [0, 0.05) is 39.8 Å². The van der Waals surface area contributed by atoms with Gasteiger partial charge in [0.25, 0.3) is 0 Å². The van der Waals surface area contributed by atoms with Crippen LogP contribution in [0.15, 0.2) is 59.8 Å². The Bertz CT molecular complexity index is 1190. The van der Waals surface area contributed by atoms with E-state index in [-0.39, 0.29) is 17.1 Å². The summed E-state index contributed by atoms with van der Waals surface area (Å²) < 4.78 is 5.35. The van der Waals surface area contributed by atoms with Crippen LogP contribution < -0.4 is 10.1 Å². The Morgan fingerprint density at radius 2 is 1.77 bits per heavy atom. The molecule has 1 aliphatic carbocycles. The third-order valence-corrected chi connectivity index (χ3v) is 6.40. The largest absolute Gasteiger partial charge is 0.497 e. The molecule has 1 aromatic heterocycles. The third kappa shape index (κ3) is 3.43. The van der Waals surface area contributed by atoms with E-state index in [2.05, 4.69) is 29.4 Å². The molecular weight excluding hydrogens is 410 g/mol. The number of ketones is 1. The SMILES string of the molecule is COc1ccc([C@H]2C3=C(CC(C)(C)CC3=O)Nc3n[nH]c(-c4ccc(Cl)cc4)c32)cc1. The summed E-state index contributed by atoms with van der Waals surface area (Å²) in [5.74, 6) is 1.54. The second-order valence-corrected chi connectivity index (χ2v) is 9.47. The molecule has 0 spiro atoms. The standard InChI is InChI=1S/C25H24ClN3O2/c1-25(2)12-18-21(19(30)13-25)20(14-6-10-17(31-3)11-7-14)22-23(28-29-24(22)27-18)15-4-8-16(26)9-5-15/h4-11,20H,12-13H2,1-3H3,(H2,27,28,29)/t20-/m0/s1. The first kappa shape index (κ1) is 19.9. The molecule has 1 aliphatic heterocycles. The maximum absolute atomic E-state index is 13.4. The van der Waals surface area contributed by atoms with Crippen LogP contribution in [0.25, 0.3) is 11.3 Å². The van der Waals surface area contributed by atoms with Crippen LogP contribution in [-0.2, 0) is 4.79 Å². The maximum Gasteiger partial charge on any atom is 0.162 e. The van der Waals surface area contributed by atoms with Gasteiger partial charge in [-0.1, -0.05) is 49.7 Å². The summed E-state index contributed by atoms with van der Waals surface area (Å²) in [6.45, 7) is 4.27. The molecule has 0 fully saturated rings. The Hall–Kier alpha value is -3.05. The van der Waals surface area contributed by atoms with E-state index >= 15 is 0 Å². The van der Waals surface area contributed by atoms with Gasteiger partial charge < -0.3 is 10.1 Å². The average Bonchev–Trinajstić information content (AvgIpc) is 3.15. The smallest absolute Gasteiger partial charge is 0.162 e. The van der Waals surface area contributed by atoms with Gasteiger partial charge in [-0.15, -0.1) is 0 Å². The normalized spacial score (nSPS) is 19.5. The number of nitrogens with one attached hydrogen (secondary N) is 2. The quantitative estimate of drug-likeness (QED) is 0.536. The van der Waals surface area contributed by atoms with E-state index in [1.165, 1.54) is 0 Å². The number of aromatic nitrogens is 2. The van der Waals surface area contributed by atoms with E-state index in [9.17, 15) is 4.79 Å². The van der Waals surface area contributed by atoms with Crippen molar-refractivity contribution in [3.63, 3.8) is 0 Å². The van der Waals surface area contributed by atoms with Gasteiger partial charge in [-0.2, -0.15) is 5.10 Å². The molecule has 31 heavy (non-hydrogen) atoms. The van der Waals surface area contributed by atoms with Gasteiger partial charge in [0.2, 0.25) is 0 Å². The molecule has 0 unspecified atom stereocenters. The molecule has 2 aromatic carbocycles. The first-order valence-electron chi connectivity index (χ1n) is 10.4. The molecule has 5 rings (SSSR count). The Balaban J connectivity index is 1.71. The first-order valence-corrected chi connectivity index (χ1v) is 10.8. The number of halogens is 1. The van der Waals surface area contributed by atoms with Crippen molar-refractivity contribution in [3.05, 3.63) is 76.0 Å². The maximum atomic E-state index is 13.4. The number of benzene rings is 2. The molecule has 2 heterocycles. The number of Topliss-reactive ketones (excluding diaryl/α,β-unsaturated/α-hetero) is 1. The highest BCUT2D eigenvalue weighted by atomic mass is 35.5. The van der Waals surface area contributed by atoms with Crippen LogP contribution in [0.2, 0.25) is 5.02 Å². The van der Waals surface area contributed by atoms with Crippen LogP contribution in [0.5, 0.6) is 5.75 Å². The summed E-state index contributed by atoms with van der Waals surface area (Å²) in [5.41, 5.74) is 5.63. The minimum absolute atomic E-state index is 0.0831. The van der Waals surface area contributed by atoms with Crippen LogP contribution in [0.1, 0.15) is 43.7 Å². The summed E-state index contributed by atoms with van der Waals surface area (Å²) in [6, 6.07) is 15.6. The molecule has 5 nitrogen and oxygen atoms in total. The molecule has 0 saturated carbocycles. The molecule has 2 aliphatic rings. The lowest BCUT2D eigenvalue weighted by atomic mass is 9.69. The summed E-state index contributed by atoms with van der Waals surface area (Å²) in [4.78, 5) is 13.4. The second-order valence-electron chi connectivity index (χ2n) is 9.03. The van der Waals surface area contributed by atoms with E-state index < -0.39 is 0 Å². The number of methoxy groups -OCH3 is 1. The zero-order valence-electron chi connectivity index (χ0n) is 17.8. The van der Waals surface area contributed by atoms with E-state index in [4.69, 9.17) is 16.3 Å². The molecule has 0 radical (unpaired) electrons. The summed E-state index contributed by atoms with van der Waals surface area (Å²) in [7, 11) is 1.65. The predicted octanol–water partition coefficient (Wildman–Crippen LogP) is 5.94. The van der Waals surface area contributed by atoms with Crippen molar-refractivity contribution in [1.82, 2.24) is 10.2 Å². The fourth-order valence-corrected chi connectivity index (χ4v) is 4.89. The van der Waals surface area contributed by atoms with Crippen LogP contribution in [0.3, 0.4) is 0 Å². The van der Waals surface area contributed by atoms with Crippen LogP contribution >= 0.6 is 11.6 Å². The lowest BCUT2D eigenvalue weighted by molar-refractivity contribution is -0.118. The number of carbonyl (C=O) groups excluding carboxylic acids is 1. The molecule has 6 heteroatoms. The van der Waals surface area contributed by atoms with Gasteiger partial charge in [-0.25, -0.2) is 0 Å². The Morgan fingerprint density at radius 3 is 2.45 bits per heavy atom. The highest BCUT2D eigenvalue weighted by Gasteiger charge is 2.42. The van der Waals surface area contributed by atoms with Gasteiger partial charge in [-0.05, 0) is 41.7 Å². The van der Waals surface area contributed by atoms with E-state index in [1.807, 2.05) is 48.5 Å². The topological polar surface area (TPSA) is 67.0 Å². The van der Waals surface area contributed by atoms with Crippen molar-refractivity contribution in [3.8, 4) is 17.0 Å². The fraction of sp³-hybridized carbons (Fsp3) is 0.280. The van der Waals surface area contributed by atoms with Crippen molar-refractivity contribution in [1.29, 1.82) is 0 Å². The van der Waals surface area contributed by atoms with E-state index in [0.717, 1.165) is 51.6 Å². The lowest BCUT2D eigenvalue weighted by Gasteiger charge is -2.38. The highest BCUT2D eigenvalue weighted by molar-refractivity contribution is 6.30. The third-order valence-electron chi connectivity index (χ3n) is 6.15. The minimum atomic E-state index is -0.204. The first-order chi connectivity index (χ1) is 14.9. The van der Waals surface area contributed by atoms with Gasteiger partial charge in [0.15, 0.2) is 11.6 Å². The van der Waals surface area contributed by atoms with E-state index in [1.54, 1.807) is 7.11 Å². The predicted molar refractivity (Wildman–Crippen MR) is 123 cm³/mol. The van der Waals surface area contributed by atoms with Crippen LogP contribution in [-0.4, -0.2) is 23.1 Å². The number of nitrogens with zero attached hydrogens (tertiary/aromatic N) is 1. The van der Waals surface area contributed by atoms with Crippen molar-refractivity contribution in [2.24, 2.45) is 5.41 Å². The zero-order valence-corrected chi connectivity index (χ0v) is 18.5. The number of hydrogen-bond acceptors (Lipinski definition) is 4. The Morgan fingerprint density at radius 1 is 1.06 bits per heavy atom. The Kier molecular flexibility index (Phi) is 4.67. The summed E-state index contributed by atoms with van der Waals surface area (Å²) >= 11 is 6.10. The molecule has 0 saturated heterocycles. The molecule has 158 valence electrons. The number of ether oxygens (including phenoxy) is 1.